The molecule has 5 nitrogen and oxygen atoms in total. The Morgan fingerprint density at radius 1 is 1.33 bits per heavy atom. The molecule has 0 N–H and O–H groups in total. The van der Waals surface area contributed by atoms with Crippen molar-refractivity contribution in [3.8, 4) is 17.2 Å². The molecule has 0 bridgehead atoms. The second-order valence-corrected chi connectivity index (χ2v) is 7.38. The molecule has 6 heteroatoms. The van der Waals surface area contributed by atoms with Crippen molar-refractivity contribution in [2.24, 2.45) is 0 Å². The molecule has 0 aromatic heterocycles. The lowest BCUT2D eigenvalue weighted by Gasteiger charge is -2.35. The summed E-state index contributed by atoms with van der Waals surface area (Å²) in [7, 11) is 3.68. The SMILES string of the molecule is COc1c2c(cc3c1C(CC(=O)Cc1ccccc1Cl)N(C)CC3)OCO2. The summed E-state index contributed by atoms with van der Waals surface area (Å²) < 4.78 is 16.9. The first-order chi connectivity index (χ1) is 13.1. The van der Waals surface area contributed by atoms with Crippen molar-refractivity contribution in [3.63, 3.8) is 0 Å². The molecule has 0 spiro atoms. The van der Waals surface area contributed by atoms with Gasteiger partial charge < -0.3 is 14.2 Å². The molecule has 0 aliphatic carbocycles. The number of ether oxygens (including phenoxy) is 3. The van der Waals surface area contributed by atoms with Crippen LogP contribution in [0.15, 0.2) is 30.3 Å². The van der Waals surface area contributed by atoms with Gasteiger partial charge in [0.05, 0.1) is 7.11 Å². The Balaban J connectivity index is 1.64. The summed E-state index contributed by atoms with van der Waals surface area (Å²) >= 11 is 6.22. The summed E-state index contributed by atoms with van der Waals surface area (Å²) in [5.74, 6) is 2.18. The van der Waals surface area contributed by atoms with E-state index in [2.05, 4.69) is 4.90 Å². The van der Waals surface area contributed by atoms with Crippen LogP contribution in [-0.2, 0) is 17.6 Å². The largest absolute Gasteiger partial charge is 0.492 e. The van der Waals surface area contributed by atoms with Crippen LogP contribution < -0.4 is 14.2 Å². The quantitative estimate of drug-likeness (QED) is 0.780. The summed E-state index contributed by atoms with van der Waals surface area (Å²) in [6, 6.07) is 9.45. The van der Waals surface area contributed by atoms with E-state index in [1.54, 1.807) is 7.11 Å². The molecular weight excluding hydrogens is 366 g/mol. The smallest absolute Gasteiger partial charge is 0.231 e. The van der Waals surface area contributed by atoms with E-state index in [-0.39, 0.29) is 18.6 Å². The lowest BCUT2D eigenvalue weighted by Crippen LogP contribution is -2.34. The first-order valence-electron chi connectivity index (χ1n) is 9.03. The zero-order valence-corrected chi connectivity index (χ0v) is 16.2. The normalized spacial score (nSPS) is 18.3. The molecule has 0 amide bonds. The Morgan fingerprint density at radius 2 is 2.15 bits per heavy atom. The van der Waals surface area contributed by atoms with Gasteiger partial charge >= 0.3 is 0 Å². The van der Waals surface area contributed by atoms with Crippen molar-refractivity contribution in [2.45, 2.75) is 25.3 Å². The Kier molecular flexibility index (Phi) is 4.98. The number of halogens is 1. The zero-order chi connectivity index (χ0) is 19.0. The fraction of sp³-hybridized carbons (Fsp3) is 0.381. The van der Waals surface area contributed by atoms with Gasteiger partial charge in [-0.1, -0.05) is 29.8 Å². The molecule has 4 rings (SSSR count). The molecule has 2 heterocycles. The summed E-state index contributed by atoms with van der Waals surface area (Å²) in [5.41, 5.74) is 3.05. The van der Waals surface area contributed by atoms with Crippen molar-refractivity contribution in [1.29, 1.82) is 0 Å². The standard InChI is InChI=1S/C21H22ClNO4/c1-23-8-7-14-10-18-20(27-12-26-18)21(25-2)19(14)17(23)11-15(24)9-13-5-3-4-6-16(13)22/h3-6,10,17H,7-9,11-12H2,1-2H3. The third kappa shape index (κ3) is 3.37. The highest BCUT2D eigenvalue weighted by Gasteiger charge is 2.34. The van der Waals surface area contributed by atoms with Gasteiger partial charge in [-0.2, -0.15) is 0 Å². The Morgan fingerprint density at radius 3 is 2.93 bits per heavy atom. The summed E-state index contributed by atoms with van der Waals surface area (Å²) in [6.45, 7) is 1.07. The van der Waals surface area contributed by atoms with Gasteiger partial charge in [0.15, 0.2) is 11.5 Å². The van der Waals surface area contributed by atoms with Crippen LogP contribution in [0.2, 0.25) is 5.02 Å². The maximum Gasteiger partial charge on any atom is 0.231 e. The molecular formula is C21H22ClNO4. The number of hydrogen-bond acceptors (Lipinski definition) is 5. The van der Waals surface area contributed by atoms with Gasteiger partial charge in [0.2, 0.25) is 12.5 Å². The highest BCUT2D eigenvalue weighted by molar-refractivity contribution is 6.31. The highest BCUT2D eigenvalue weighted by atomic mass is 35.5. The highest BCUT2D eigenvalue weighted by Crippen LogP contribution is 2.50. The Labute approximate surface area is 163 Å². The molecule has 2 aromatic carbocycles. The number of hydrogen-bond donors (Lipinski definition) is 0. The maximum absolute atomic E-state index is 12.8. The number of fused-ring (bicyclic) bond motifs is 2. The van der Waals surface area contributed by atoms with E-state index in [1.807, 2.05) is 37.4 Å². The molecule has 0 saturated heterocycles. The van der Waals surface area contributed by atoms with Crippen molar-refractivity contribution < 1.29 is 19.0 Å². The number of ketones is 1. The topological polar surface area (TPSA) is 48.0 Å². The summed E-state index contributed by atoms with van der Waals surface area (Å²) in [6.07, 6.45) is 1.60. The molecule has 27 heavy (non-hydrogen) atoms. The molecule has 2 aliphatic heterocycles. The van der Waals surface area contributed by atoms with E-state index < -0.39 is 0 Å². The molecule has 2 aromatic rings. The van der Waals surface area contributed by atoms with Gasteiger partial charge in [-0.15, -0.1) is 0 Å². The minimum Gasteiger partial charge on any atom is -0.492 e. The fourth-order valence-corrected chi connectivity index (χ4v) is 4.13. The van der Waals surface area contributed by atoms with Gasteiger partial charge in [0, 0.05) is 36.0 Å². The van der Waals surface area contributed by atoms with Crippen LogP contribution in [0.1, 0.15) is 29.2 Å². The van der Waals surface area contributed by atoms with Crippen molar-refractivity contribution in [3.05, 3.63) is 52.0 Å². The van der Waals surface area contributed by atoms with Gasteiger partial charge in [-0.05, 0) is 36.7 Å². The number of carbonyl (C=O) groups is 1. The van der Waals surface area contributed by atoms with E-state index in [4.69, 9.17) is 25.8 Å². The number of Topliss-reactive ketones (excluding diaryl/α,β-unsaturated/α-hetero) is 1. The van der Waals surface area contributed by atoms with E-state index in [9.17, 15) is 4.79 Å². The third-order valence-electron chi connectivity index (χ3n) is 5.31. The molecule has 2 aliphatic rings. The number of rotatable bonds is 5. The lowest BCUT2D eigenvalue weighted by atomic mass is 9.87. The van der Waals surface area contributed by atoms with E-state index in [0.29, 0.717) is 29.4 Å². The summed E-state index contributed by atoms with van der Waals surface area (Å²) in [5, 5.41) is 0.629. The van der Waals surface area contributed by atoms with Gasteiger partial charge in [-0.25, -0.2) is 0 Å². The Bertz CT molecular complexity index is 883. The molecule has 0 saturated carbocycles. The Hall–Kier alpha value is -2.24. The predicted octanol–water partition coefficient (Wildman–Crippen LogP) is 3.81. The second-order valence-electron chi connectivity index (χ2n) is 6.97. The maximum atomic E-state index is 12.8. The van der Waals surface area contributed by atoms with Gasteiger partial charge in [-0.3, -0.25) is 9.69 Å². The number of benzene rings is 2. The van der Waals surface area contributed by atoms with Crippen LogP contribution in [0.4, 0.5) is 0 Å². The third-order valence-corrected chi connectivity index (χ3v) is 5.68. The van der Waals surface area contributed by atoms with Crippen molar-refractivity contribution >= 4 is 17.4 Å². The lowest BCUT2D eigenvalue weighted by molar-refractivity contribution is -0.119. The number of methoxy groups -OCH3 is 1. The van der Waals surface area contributed by atoms with E-state index in [1.165, 1.54) is 0 Å². The van der Waals surface area contributed by atoms with E-state index in [0.717, 1.165) is 35.4 Å². The van der Waals surface area contributed by atoms with Crippen LogP contribution in [-0.4, -0.2) is 38.2 Å². The average Bonchev–Trinajstić information content (AvgIpc) is 3.12. The number of nitrogens with zero attached hydrogens (tertiary/aromatic N) is 1. The van der Waals surface area contributed by atoms with Crippen molar-refractivity contribution in [2.75, 3.05) is 27.5 Å². The minimum absolute atomic E-state index is 0.0619. The molecule has 1 unspecified atom stereocenters. The number of carbonyl (C=O) groups excluding carboxylic acids is 1. The van der Waals surface area contributed by atoms with Crippen molar-refractivity contribution in [1.82, 2.24) is 4.90 Å². The fourth-order valence-electron chi connectivity index (χ4n) is 3.93. The minimum atomic E-state index is -0.0619. The second kappa shape index (κ2) is 7.41. The molecule has 142 valence electrons. The molecule has 0 fully saturated rings. The van der Waals surface area contributed by atoms with Crippen LogP contribution >= 0.6 is 11.6 Å². The van der Waals surface area contributed by atoms with Crippen LogP contribution in [0.3, 0.4) is 0 Å². The van der Waals surface area contributed by atoms with Crippen LogP contribution in [0, 0.1) is 0 Å². The monoisotopic (exact) mass is 387 g/mol. The van der Waals surface area contributed by atoms with Gasteiger partial charge in [0.1, 0.15) is 5.78 Å². The predicted molar refractivity (Wildman–Crippen MR) is 103 cm³/mol. The molecule has 0 radical (unpaired) electrons. The first kappa shape index (κ1) is 18.1. The average molecular weight is 388 g/mol. The van der Waals surface area contributed by atoms with E-state index >= 15 is 0 Å². The number of likely N-dealkylation sites (N-methyl/N-ethyl adjacent to an activating group) is 1. The zero-order valence-electron chi connectivity index (χ0n) is 15.5. The van der Waals surface area contributed by atoms with Crippen LogP contribution in [0.5, 0.6) is 17.2 Å². The summed E-state index contributed by atoms with van der Waals surface area (Å²) in [4.78, 5) is 15.0. The van der Waals surface area contributed by atoms with Gasteiger partial charge in [0.25, 0.3) is 0 Å². The van der Waals surface area contributed by atoms with Crippen LogP contribution in [0.25, 0.3) is 0 Å². The molecule has 1 atom stereocenters. The first-order valence-corrected chi connectivity index (χ1v) is 9.41.